The molecule has 0 amide bonds. The zero-order valence-electron chi connectivity index (χ0n) is 9.86. The van der Waals surface area contributed by atoms with E-state index in [2.05, 4.69) is 21.2 Å². The van der Waals surface area contributed by atoms with Crippen LogP contribution in [-0.4, -0.2) is 38.4 Å². The molecule has 7 heteroatoms. The van der Waals surface area contributed by atoms with E-state index in [4.69, 9.17) is 11.6 Å². The van der Waals surface area contributed by atoms with Crippen LogP contribution in [0, 0.1) is 0 Å². The van der Waals surface area contributed by atoms with Crippen molar-refractivity contribution >= 4 is 37.6 Å². The zero-order valence-corrected chi connectivity index (χ0v) is 13.0. The number of hydrogen-bond acceptors (Lipinski definition) is 3. The van der Waals surface area contributed by atoms with E-state index in [0.29, 0.717) is 29.1 Å². The van der Waals surface area contributed by atoms with Crippen LogP contribution in [0.3, 0.4) is 0 Å². The number of nitrogens with zero attached hydrogens (tertiary/aromatic N) is 1. The van der Waals surface area contributed by atoms with Gasteiger partial charge in [0.05, 0.1) is 9.92 Å². The summed E-state index contributed by atoms with van der Waals surface area (Å²) in [5.74, 6) is 0. The van der Waals surface area contributed by atoms with E-state index in [9.17, 15) is 8.42 Å². The van der Waals surface area contributed by atoms with Crippen molar-refractivity contribution in [1.29, 1.82) is 0 Å². The van der Waals surface area contributed by atoms with Crippen LogP contribution in [0.2, 0.25) is 5.02 Å². The van der Waals surface area contributed by atoms with Gasteiger partial charge in [-0.25, -0.2) is 8.42 Å². The van der Waals surface area contributed by atoms with Crippen molar-refractivity contribution < 1.29 is 8.42 Å². The first kappa shape index (κ1) is 14.3. The maximum atomic E-state index is 12.5. The number of sulfonamides is 1. The minimum atomic E-state index is -3.45. The lowest BCUT2D eigenvalue weighted by molar-refractivity contribution is 0.249. The topological polar surface area (TPSA) is 49.4 Å². The lowest BCUT2D eigenvalue weighted by Crippen LogP contribution is -2.58. The van der Waals surface area contributed by atoms with Crippen molar-refractivity contribution in [3.63, 3.8) is 0 Å². The Hall–Kier alpha value is -0.140. The lowest BCUT2D eigenvalue weighted by atomic mass is 10.2. The predicted octanol–water partition coefficient (Wildman–Crippen LogP) is 2.08. The summed E-state index contributed by atoms with van der Waals surface area (Å²) in [4.78, 5) is 0.271. The molecule has 1 N–H and O–H groups in total. The molecule has 4 nitrogen and oxygen atoms in total. The van der Waals surface area contributed by atoms with Gasteiger partial charge in [-0.1, -0.05) is 18.5 Å². The molecule has 0 unspecified atom stereocenters. The maximum absolute atomic E-state index is 12.5. The SMILES string of the molecule is CCN(C1CNC1)S(=O)(=O)c1ccc(Cl)c(Br)c1. The van der Waals surface area contributed by atoms with E-state index < -0.39 is 10.0 Å². The Morgan fingerprint density at radius 1 is 1.50 bits per heavy atom. The molecule has 1 aliphatic rings. The molecular formula is C11H14BrClN2O2S. The van der Waals surface area contributed by atoms with Crippen LogP contribution in [0.15, 0.2) is 27.6 Å². The summed E-state index contributed by atoms with van der Waals surface area (Å²) < 4.78 is 27.1. The number of benzene rings is 1. The molecule has 18 heavy (non-hydrogen) atoms. The second kappa shape index (κ2) is 5.46. The Morgan fingerprint density at radius 3 is 2.61 bits per heavy atom. The van der Waals surface area contributed by atoms with E-state index >= 15 is 0 Å². The van der Waals surface area contributed by atoms with Crippen molar-refractivity contribution in [2.75, 3.05) is 19.6 Å². The summed E-state index contributed by atoms with van der Waals surface area (Å²) in [6.07, 6.45) is 0. The number of likely N-dealkylation sites (N-methyl/N-ethyl adjacent to an activating group) is 1. The van der Waals surface area contributed by atoms with Crippen LogP contribution in [0.25, 0.3) is 0 Å². The number of halogens is 2. The molecule has 2 rings (SSSR count). The molecule has 1 aromatic rings. The van der Waals surface area contributed by atoms with Crippen molar-refractivity contribution in [3.05, 3.63) is 27.7 Å². The Kier molecular flexibility index (Phi) is 4.33. The van der Waals surface area contributed by atoms with Gasteiger partial charge in [-0.3, -0.25) is 0 Å². The monoisotopic (exact) mass is 352 g/mol. The fraction of sp³-hybridized carbons (Fsp3) is 0.455. The minimum absolute atomic E-state index is 0.0504. The second-order valence-electron chi connectivity index (χ2n) is 4.10. The van der Waals surface area contributed by atoms with Gasteiger partial charge in [0.2, 0.25) is 10.0 Å². The average Bonchev–Trinajstić information content (AvgIpc) is 2.26. The molecule has 1 saturated heterocycles. The van der Waals surface area contributed by atoms with E-state index in [1.807, 2.05) is 6.92 Å². The molecular weight excluding hydrogens is 340 g/mol. The number of nitrogens with one attached hydrogen (secondary N) is 1. The molecule has 0 radical (unpaired) electrons. The Balaban J connectivity index is 2.36. The summed E-state index contributed by atoms with van der Waals surface area (Å²) >= 11 is 9.13. The smallest absolute Gasteiger partial charge is 0.243 e. The molecule has 100 valence electrons. The van der Waals surface area contributed by atoms with Gasteiger partial charge < -0.3 is 5.32 Å². The molecule has 1 aromatic carbocycles. The quantitative estimate of drug-likeness (QED) is 0.901. The molecule has 0 spiro atoms. The van der Waals surface area contributed by atoms with Gasteiger partial charge in [0.15, 0.2) is 0 Å². The highest BCUT2D eigenvalue weighted by atomic mass is 79.9. The molecule has 1 fully saturated rings. The summed E-state index contributed by atoms with van der Waals surface area (Å²) in [7, 11) is -3.45. The number of rotatable bonds is 4. The first-order valence-electron chi connectivity index (χ1n) is 5.64. The molecule has 0 bridgehead atoms. The molecule has 0 saturated carbocycles. The van der Waals surface area contributed by atoms with Crippen molar-refractivity contribution in [2.24, 2.45) is 0 Å². The zero-order chi connectivity index (χ0) is 13.3. The lowest BCUT2D eigenvalue weighted by Gasteiger charge is -2.36. The fourth-order valence-corrected chi connectivity index (χ4v) is 4.18. The van der Waals surface area contributed by atoms with E-state index in [-0.39, 0.29) is 10.9 Å². The highest BCUT2D eigenvalue weighted by Crippen LogP contribution is 2.27. The Bertz CT molecular complexity index is 546. The van der Waals surface area contributed by atoms with Gasteiger partial charge in [0.1, 0.15) is 0 Å². The highest BCUT2D eigenvalue weighted by Gasteiger charge is 2.33. The van der Waals surface area contributed by atoms with Crippen LogP contribution in [0.5, 0.6) is 0 Å². The first-order chi connectivity index (χ1) is 8.46. The van der Waals surface area contributed by atoms with Crippen LogP contribution >= 0.6 is 27.5 Å². The van der Waals surface area contributed by atoms with E-state index in [1.54, 1.807) is 12.1 Å². The van der Waals surface area contributed by atoms with Crippen molar-refractivity contribution in [2.45, 2.75) is 17.9 Å². The summed E-state index contributed by atoms with van der Waals surface area (Å²) in [5.41, 5.74) is 0. The van der Waals surface area contributed by atoms with Gasteiger partial charge in [-0.15, -0.1) is 0 Å². The summed E-state index contributed by atoms with van der Waals surface area (Å²) in [5, 5.41) is 3.59. The predicted molar refractivity (Wildman–Crippen MR) is 75.4 cm³/mol. The minimum Gasteiger partial charge on any atom is -0.313 e. The largest absolute Gasteiger partial charge is 0.313 e. The summed E-state index contributed by atoms with van der Waals surface area (Å²) in [6.45, 7) is 3.74. The van der Waals surface area contributed by atoms with Crippen LogP contribution < -0.4 is 5.32 Å². The van der Waals surface area contributed by atoms with Crippen molar-refractivity contribution in [1.82, 2.24) is 9.62 Å². The Morgan fingerprint density at radius 2 is 2.17 bits per heavy atom. The van der Waals surface area contributed by atoms with Gasteiger partial charge in [0.25, 0.3) is 0 Å². The van der Waals surface area contributed by atoms with E-state index in [0.717, 1.165) is 0 Å². The summed E-state index contributed by atoms with van der Waals surface area (Å²) in [6, 6.07) is 4.73. The van der Waals surface area contributed by atoms with Gasteiger partial charge in [0, 0.05) is 30.1 Å². The first-order valence-corrected chi connectivity index (χ1v) is 8.25. The third-order valence-electron chi connectivity index (χ3n) is 2.98. The molecule has 0 aromatic heterocycles. The molecule has 1 heterocycles. The standard InChI is InChI=1S/C11H14BrClN2O2S/c1-2-15(8-6-14-7-8)18(16,17)9-3-4-11(13)10(12)5-9/h3-5,8,14H,2,6-7H2,1H3. The number of hydrogen-bond donors (Lipinski definition) is 1. The third-order valence-corrected chi connectivity index (χ3v) is 6.21. The van der Waals surface area contributed by atoms with Gasteiger partial charge in [-0.2, -0.15) is 4.31 Å². The Labute approximate surface area is 120 Å². The van der Waals surface area contributed by atoms with Crippen LogP contribution in [0.1, 0.15) is 6.92 Å². The fourth-order valence-electron chi connectivity index (χ4n) is 1.87. The maximum Gasteiger partial charge on any atom is 0.243 e. The van der Waals surface area contributed by atoms with Crippen LogP contribution in [-0.2, 0) is 10.0 Å². The van der Waals surface area contributed by atoms with Gasteiger partial charge in [-0.05, 0) is 34.1 Å². The molecule has 0 atom stereocenters. The highest BCUT2D eigenvalue weighted by molar-refractivity contribution is 9.10. The average molecular weight is 354 g/mol. The van der Waals surface area contributed by atoms with Gasteiger partial charge >= 0.3 is 0 Å². The van der Waals surface area contributed by atoms with Crippen molar-refractivity contribution in [3.8, 4) is 0 Å². The second-order valence-corrected chi connectivity index (χ2v) is 7.25. The molecule has 1 aliphatic heterocycles. The van der Waals surface area contributed by atoms with E-state index in [1.165, 1.54) is 10.4 Å². The third kappa shape index (κ3) is 2.58. The molecule has 0 aliphatic carbocycles. The van der Waals surface area contributed by atoms with Crippen LogP contribution in [0.4, 0.5) is 0 Å². The normalized spacial score (nSPS) is 16.9.